The largest absolute Gasteiger partial charge is 0.369 e. The number of halogens is 1. The fraction of sp³-hybridized carbons (Fsp3) is 0.333. The van der Waals surface area contributed by atoms with Crippen molar-refractivity contribution in [3.63, 3.8) is 0 Å². The highest BCUT2D eigenvalue weighted by molar-refractivity contribution is 5.97. The molecule has 1 aliphatic heterocycles. The summed E-state index contributed by atoms with van der Waals surface area (Å²) < 4.78 is 18.5. The molecule has 1 saturated heterocycles. The molecule has 4 rings (SSSR count). The van der Waals surface area contributed by atoms with Crippen molar-refractivity contribution in [3.05, 3.63) is 36.4 Å². The van der Waals surface area contributed by atoms with E-state index in [2.05, 4.69) is 20.4 Å². The van der Waals surface area contributed by atoms with E-state index >= 15 is 0 Å². The molecule has 1 aliphatic rings. The topological polar surface area (TPSA) is 84.2 Å². The van der Waals surface area contributed by atoms with Crippen molar-refractivity contribution in [2.24, 2.45) is 0 Å². The Balaban J connectivity index is 1.50. The van der Waals surface area contributed by atoms with Crippen LogP contribution >= 0.6 is 0 Å². The third-order valence-electron chi connectivity index (χ3n) is 4.46. The molecule has 0 unspecified atom stereocenters. The van der Waals surface area contributed by atoms with Crippen LogP contribution in [0.15, 0.2) is 35.1 Å². The average Bonchev–Trinajstić information content (AvgIpc) is 3.26. The molecule has 0 aliphatic carbocycles. The first kappa shape index (κ1) is 16.4. The predicted octanol–water partition coefficient (Wildman–Crippen LogP) is 2.85. The number of hydrogen-bond acceptors (Lipinski definition) is 6. The van der Waals surface area contributed by atoms with Crippen molar-refractivity contribution in [2.75, 3.05) is 25.0 Å². The van der Waals surface area contributed by atoms with Gasteiger partial charge in [0.25, 0.3) is 5.71 Å². The molecule has 3 aromatic rings. The summed E-state index contributed by atoms with van der Waals surface area (Å²) in [5, 5.41) is 8.00. The lowest BCUT2D eigenvalue weighted by molar-refractivity contribution is -0.127. The molecular formula is C18H18FN5O2. The third kappa shape index (κ3) is 3.22. The number of nitrogens with zero attached hydrogens (tertiary/aromatic N) is 4. The van der Waals surface area contributed by atoms with Crippen molar-refractivity contribution in [3.8, 4) is 11.3 Å². The van der Waals surface area contributed by atoms with Crippen LogP contribution in [-0.2, 0) is 4.79 Å². The summed E-state index contributed by atoms with van der Waals surface area (Å²) in [6.07, 6.45) is 3.82. The second-order valence-electron chi connectivity index (χ2n) is 6.21. The lowest BCUT2D eigenvalue weighted by Crippen LogP contribution is -2.27. The molecule has 7 nitrogen and oxygen atoms in total. The first-order chi connectivity index (χ1) is 12.7. The van der Waals surface area contributed by atoms with E-state index in [9.17, 15) is 9.18 Å². The fourth-order valence-electron chi connectivity index (χ4n) is 3.14. The van der Waals surface area contributed by atoms with Gasteiger partial charge in [-0.15, -0.1) is 0 Å². The van der Waals surface area contributed by atoms with Crippen LogP contribution in [-0.4, -0.2) is 45.6 Å². The number of anilines is 1. The zero-order valence-electron chi connectivity index (χ0n) is 14.1. The Kier molecular flexibility index (Phi) is 4.47. The average molecular weight is 355 g/mol. The van der Waals surface area contributed by atoms with Gasteiger partial charge in [-0.25, -0.2) is 9.37 Å². The van der Waals surface area contributed by atoms with Gasteiger partial charge in [0.05, 0.1) is 0 Å². The zero-order chi connectivity index (χ0) is 17.9. The van der Waals surface area contributed by atoms with Crippen molar-refractivity contribution in [2.45, 2.75) is 19.3 Å². The van der Waals surface area contributed by atoms with E-state index in [0.29, 0.717) is 35.6 Å². The van der Waals surface area contributed by atoms with E-state index in [1.807, 2.05) is 4.90 Å². The van der Waals surface area contributed by atoms with Crippen LogP contribution < -0.4 is 5.32 Å². The Morgan fingerprint density at radius 2 is 2.08 bits per heavy atom. The minimum atomic E-state index is -0.312. The first-order valence-electron chi connectivity index (χ1n) is 8.60. The molecule has 1 aromatic carbocycles. The smallest absolute Gasteiger partial charge is 0.263 e. The van der Waals surface area contributed by atoms with E-state index in [-0.39, 0.29) is 11.7 Å². The molecule has 1 amide bonds. The maximum absolute atomic E-state index is 13.2. The quantitative estimate of drug-likeness (QED) is 0.685. The van der Waals surface area contributed by atoms with Crippen LogP contribution in [0.2, 0.25) is 0 Å². The van der Waals surface area contributed by atoms with Crippen LogP contribution in [0.5, 0.6) is 0 Å². The Bertz CT molecular complexity index is 925. The molecule has 2 aromatic heterocycles. The SMILES string of the molecule is O=C1CCCN1CCCNc1ncnc2onc(-c3ccc(F)cc3)c12. The summed E-state index contributed by atoms with van der Waals surface area (Å²) in [5.41, 5.74) is 1.67. The van der Waals surface area contributed by atoms with Gasteiger partial charge in [0, 0.05) is 31.6 Å². The van der Waals surface area contributed by atoms with Crippen LogP contribution in [0, 0.1) is 5.82 Å². The molecule has 26 heavy (non-hydrogen) atoms. The Labute approximate surface area is 149 Å². The highest BCUT2D eigenvalue weighted by Gasteiger charge is 2.20. The summed E-state index contributed by atoms with van der Waals surface area (Å²) in [4.78, 5) is 21.9. The molecular weight excluding hydrogens is 337 g/mol. The minimum absolute atomic E-state index is 0.229. The van der Waals surface area contributed by atoms with Gasteiger partial charge < -0.3 is 14.7 Å². The molecule has 8 heteroatoms. The van der Waals surface area contributed by atoms with Crippen LogP contribution in [0.25, 0.3) is 22.4 Å². The number of amides is 1. The van der Waals surface area contributed by atoms with E-state index in [1.54, 1.807) is 12.1 Å². The molecule has 1 fully saturated rings. The number of fused-ring (bicyclic) bond motifs is 1. The monoisotopic (exact) mass is 355 g/mol. The molecule has 0 spiro atoms. The summed E-state index contributed by atoms with van der Waals surface area (Å²) in [7, 11) is 0. The maximum atomic E-state index is 13.2. The summed E-state index contributed by atoms with van der Waals surface area (Å²) in [5.74, 6) is 0.531. The van der Waals surface area contributed by atoms with E-state index < -0.39 is 0 Å². The number of carbonyl (C=O) groups excluding carboxylic acids is 1. The van der Waals surface area contributed by atoms with Gasteiger partial charge in [-0.3, -0.25) is 4.79 Å². The van der Waals surface area contributed by atoms with E-state index in [1.165, 1.54) is 18.5 Å². The minimum Gasteiger partial charge on any atom is -0.369 e. The fourth-order valence-corrected chi connectivity index (χ4v) is 3.14. The Morgan fingerprint density at radius 3 is 2.85 bits per heavy atom. The predicted molar refractivity (Wildman–Crippen MR) is 93.9 cm³/mol. The van der Waals surface area contributed by atoms with Gasteiger partial charge in [-0.2, -0.15) is 4.98 Å². The van der Waals surface area contributed by atoms with Crippen molar-refractivity contribution < 1.29 is 13.7 Å². The van der Waals surface area contributed by atoms with Crippen molar-refractivity contribution in [1.82, 2.24) is 20.0 Å². The molecule has 1 N–H and O–H groups in total. The van der Waals surface area contributed by atoms with Crippen molar-refractivity contribution >= 4 is 22.8 Å². The number of benzene rings is 1. The highest BCUT2D eigenvalue weighted by atomic mass is 19.1. The Hall–Kier alpha value is -3.03. The molecule has 3 heterocycles. The van der Waals surface area contributed by atoms with Crippen LogP contribution in [0.1, 0.15) is 19.3 Å². The second-order valence-corrected chi connectivity index (χ2v) is 6.21. The maximum Gasteiger partial charge on any atom is 0.263 e. The number of rotatable bonds is 6. The van der Waals surface area contributed by atoms with E-state index in [4.69, 9.17) is 4.52 Å². The second kappa shape index (κ2) is 7.07. The molecule has 0 atom stereocenters. The third-order valence-corrected chi connectivity index (χ3v) is 4.46. The first-order valence-corrected chi connectivity index (χ1v) is 8.60. The van der Waals surface area contributed by atoms with Crippen LogP contribution in [0.3, 0.4) is 0 Å². The van der Waals surface area contributed by atoms with Crippen LogP contribution in [0.4, 0.5) is 10.2 Å². The summed E-state index contributed by atoms with van der Waals surface area (Å²) in [6, 6.07) is 6.03. The zero-order valence-corrected chi connectivity index (χ0v) is 14.1. The summed E-state index contributed by atoms with van der Waals surface area (Å²) in [6.45, 7) is 2.23. The number of aromatic nitrogens is 3. The summed E-state index contributed by atoms with van der Waals surface area (Å²) >= 11 is 0. The van der Waals surface area contributed by atoms with Crippen molar-refractivity contribution in [1.29, 1.82) is 0 Å². The van der Waals surface area contributed by atoms with Gasteiger partial charge in [0.2, 0.25) is 5.91 Å². The van der Waals surface area contributed by atoms with Gasteiger partial charge in [-0.1, -0.05) is 5.16 Å². The Morgan fingerprint density at radius 1 is 1.23 bits per heavy atom. The lowest BCUT2D eigenvalue weighted by Gasteiger charge is -2.15. The van der Waals surface area contributed by atoms with E-state index in [0.717, 1.165) is 31.5 Å². The standard InChI is InChI=1S/C18H18FN5O2/c19-13-6-4-12(5-7-13)16-15-17(21-11-22-18(15)26-23-16)20-8-2-10-24-9-1-3-14(24)25/h4-7,11H,1-3,8-10H2,(H,20,21,22). The molecule has 0 bridgehead atoms. The number of nitrogens with one attached hydrogen (secondary N) is 1. The number of likely N-dealkylation sites (tertiary alicyclic amines) is 1. The molecule has 0 saturated carbocycles. The van der Waals surface area contributed by atoms with Gasteiger partial charge in [-0.05, 0) is 37.1 Å². The van der Waals surface area contributed by atoms with Gasteiger partial charge in [0.15, 0.2) is 0 Å². The number of carbonyl (C=O) groups is 1. The number of hydrogen-bond donors (Lipinski definition) is 1. The normalized spacial score (nSPS) is 14.3. The highest BCUT2D eigenvalue weighted by Crippen LogP contribution is 2.31. The van der Waals surface area contributed by atoms with Gasteiger partial charge in [0.1, 0.15) is 29.0 Å². The van der Waals surface area contributed by atoms with Gasteiger partial charge >= 0.3 is 0 Å². The molecule has 0 radical (unpaired) electrons. The lowest BCUT2D eigenvalue weighted by atomic mass is 10.1. The molecule has 134 valence electrons.